The summed E-state index contributed by atoms with van der Waals surface area (Å²) in [5.41, 5.74) is 1.53. The monoisotopic (exact) mass is 391 g/mol. The van der Waals surface area contributed by atoms with Crippen molar-refractivity contribution in [2.24, 2.45) is 0 Å². The second-order valence-electron chi connectivity index (χ2n) is 5.93. The largest absolute Gasteiger partial charge is 0.289 e. The number of aromatic nitrogens is 1. The molecule has 2 heterocycles. The van der Waals surface area contributed by atoms with Crippen LogP contribution in [0.3, 0.4) is 0 Å². The van der Waals surface area contributed by atoms with Crippen molar-refractivity contribution in [3.05, 3.63) is 99.0 Å². The van der Waals surface area contributed by atoms with Gasteiger partial charge in [-0.3, -0.25) is 9.59 Å². The van der Waals surface area contributed by atoms with Crippen molar-refractivity contribution < 1.29 is 4.79 Å². The van der Waals surface area contributed by atoms with Gasteiger partial charge in [0, 0.05) is 27.6 Å². The van der Waals surface area contributed by atoms with Crippen LogP contribution in [-0.4, -0.2) is 9.87 Å². The number of pyridine rings is 1. The van der Waals surface area contributed by atoms with E-state index < -0.39 is 5.56 Å². The summed E-state index contributed by atoms with van der Waals surface area (Å²) in [6.45, 7) is 0. The third kappa shape index (κ3) is 3.25. The highest BCUT2D eigenvalue weighted by Gasteiger charge is 2.21. The molecule has 0 bridgehead atoms. The minimum atomic E-state index is -0.518. The lowest BCUT2D eigenvalue weighted by Gasteiger charge is -2.13. The van der Waals surface area contributed by atoms with Crippen molar-refractivity contribution in [1.82, 2.24) is 4.09 Å². The highest BCUT2D eigenvalue weighted by atomic mass is 35.5. The van der Waals surface area contributed by atoms with Gasteiger partial charge >= 0.3 is 0 Å². The molecule has 0 aliphatic rings. The van der Waals surface area contributed by atoms with Crippen LogP contribution in [0, 0.1) is 0 Å². The lowest BCUT2D eigenvalue weighted by molar-refractivity contribution is 0.104. The average Bonchev–Trinajstić information content (AvgIpc) is 3.23. The molecule has 0 atom stereocenters. The Morgan fingerprint density at radius 1 is 0.963 bits per heavy atom. The zero-order chi connectivity index (χ0) is 18.8. The van der Waals surface area contributed by atoms with Gasteiger partial charge in [-0.1, -0.05) is 54.6 Å². The van der Waals surface area contributed by atoms with Crippen LogP contribution in [0.25, 0.3) is 28.1 Å². The number of ketones is 1. The molecular weight excluding hydrogens is 378 g/mol. The van der Waals surface area contributed by atoms with Crippen LogP contribution in [0.5, 0.6) is 0 Å². The quantitative estimate of drug-likeness (QED) is 0.334. The number of para-hydroxylation sites is 1. The fraction of sp³-hybridized carbons (Fsp3) is 0. The highest BCUT2D eigenvalue weighted by Crippen LogP contribution is 2.31. The number of halogens is 1. The molecule has 4 rings (SSSR count). The lowest BCUT2D eigenvalue weighted by atomic mass is 9.94. The average molecular weight is 392 g/mol. The SMILES string of the molecule is O=C(C=Cc1cccs1)c1c(-c2ccccc2)c2ccccc2n(Cl)c1=O. The van der Waals surface area contributed by atoms with E-state index in [9.17, 15) is 9.59 Å². The van der Waals surface area contributed by atoms with Crippen LogP contribution in [0.15, 0.2) is 83.0 Å². The number of hydrogen-bond acceptors (Lipinski definition) is 3. The Bertz CT molecular complexity index is 1210. The van der Waals surface area contributed by atoms with Crippen LogP contribution in [0.2, 0.25) is 0 Å². The molecule has 2 aromatic carbocycles. The van der Waals surface area contributed by atoms with E-state index in [-0.39, 0.29) is 11.3 Å². The number of allylic oxidation sites excluding steroid dienone is 1. The number of fused-ring (bicyclic) bond motifs is 1. The zero-order valence-electron chi connectivity index (χ0n) is 14.1. The van der Waals surface area contributed by atoms with E-state index in [1.54, 1.807) is 12.1 Å². The summed E-state index contributed by atoms with van der Waals surface area (Å²) in [6.07, 6.45) is 3.15. The maximum Gasteiger partial charge on any atom is 0.277 e. The molecule has 0 unspecified atom stereocenters. The second-order valence-corrected chi connectivity index (χ2v) is 7.25. The Hall–Kier alpha value is -2.95. The number of rotatable bonds is 4. The van der Waals surface area contributed by atoms with Gasteiger partial charge in [0.1, 0.15) is 0 Å². The molecule has 0 radical (unpaired) electrons. The summed E-state index contributed by atoms with van der Waals surface area (Å²) in [6, 6.07) is 20.6. The molecule has 0 fully saturated rings. The van der Waals surface area contributed by atoms with E-state index >= 15 is 0 Å². The van der Waals surface area contributed by atoms with Gasteiger partial charge in [-0.15, -0.1) is 11.3 Å². The molecule has 0 amide bonds. The van der Waals surface area contributed by atoms with Gasteiger partial charge in [0.2, 0.25) is 0 Å². The predicted octanol–water partition coefficient (Wildman–Crippen LogP) is 5.63. The Kier molecular flexibility index (Phi) is 4.75. The molecule has 27 heavy (non-hydrogen) atoms. The molecule has 4 aromatic rings. The standard InChI is InChI=1S/C22H14ClNO2S/c23-24-18-11-5-4-10-17(18)20(15-7-2-1-3-8-15)21(22(24)26)19(25)13-12-16-9-6-14-27-16/h1-14H. The van der Waals surface area contributed by atoms with Gasteiger partial charge in [-0.2, -0.15) is 0 Å². The molecule has 0 aliphatic carbocycles. The van der Waals surface area contributed by atoms with Crippen LogP contribution >= 0.6 is 23.1 Å². The Labute approximate surface area is 164 Å². The van der Waals surface area contributed by atoms with Gasteiger partial charge in [-0.05, 0) is 35.2 Å². The number of carbonyl (C=O) groups is 1. The number of hydrogen-bond donors (Lipinski definition) is 0. The van der Waals surface area contributed by atoms with Gasteiger partial charge < -0.3 is 0 Å². The summed E-state index contributed by atoms with van der Waals surface area (Å²) in [5, 5.41) is 2.69. The molecule has 3 nitrogen and oxygen atoms in total. The van der Waals surface area contributed by atoms with Crippen molar-refractivity contribution in [2.75, 3.05) is 0 Å². The molecular formula is C22H14ClNO2S. The van der Waals surface area contributed by atoms with Crippen molar-refractivity contribution in [3.8, 4) is 11.1 Å². The molecule has 0 saturated carbocycles. The van der Waals surface area contributed by atoms with Crippen LogP contribution < -0.4 is 5.56 Å². The molecule has 0 spiro atoms. The topological polar surface area (TPSA) is 39.1 Å². The van der Waals surface area contributed by atoms with E-state index in [0.29, 0.717) is 11.1 Å². The van der Waals surface area contributed by atoms with Crippen molar-refractivity contribution >= 4 is 45.9 Å². The van der Waals surface area contributed by atoms with Gasteiger partial charge in [0.25, 0.3) is 5.56 Å². The number of thiophene rings is 1. The fourth-order valence-electron chi connectivity index (χ4n) is 3.07. The first-order valence-electron chi connectivity index (χ1n) is 8.32. The normalized spacial score (nSPS) is 11.3. The molecule has 2 aromatic heterocycles. The second kappa shape index (κ2) is 7.35. The first-order valence-corrected chi connectivity index (χ1v) is 9.54. The summed E-state index contributed by atoms with van der Waals surface area (Å²) in [4.78, 5) is 26.9. The van der Waals surface area contributed by atoms with Crippen LogP contribution in [0.4, 0.5) is 0 Å². The molecule has 5 heteroatoms. The molecule has 0 aliphatic heterocycles. The van der Waals surface area contributed by atoms with E-state index in [1.807, 2.05) is 66.0 Å². The smallest absolute Gasteiger partial charge is 0.277 e. The third-order valence-electron chi connectivity index (χ3n) is 4.28. The lowest BCUT2D eigenvalue weighted by Crippen LogP contribution is -2.23. The minimum Gasteiger partial charge on any atom is -0.289 e. The number of nitrogens with zero attached hydrogens (tertiary/aromatic N) is 1. The maximum atomic E-state index is 13.0. The zero-order valence-corrected chi connectivity index (χ0v) is 15.7. The number of carbonyl (C=O) groups excluding carboxylic acids is 1. The third-order valence-corrected chi connectivity index (χ3v) is 5.45. The Morgan fingerprint density at radius 2 is 1.70 bits per heavy atom. The van der Waals surface area contributed by atoms with E-state index in [0.717, 1.165) is 19.9 Å². The number of benzene rings is 2. The highest BCUT2D eigenvalue weighted by molar-refractivity contribution is 7.10. The van der Waals surface area contributed by atoms with E-state index in [1.165, 1.54) is 17.4 Å². The predicted molar refractivity (Wildman–Crippen MR) is 113 cm³/mol. The molecule has 0 saturated heterocycles. The van der Waals surface area contributed by atoms with Gasteiger partial charge in [0.05, 0.1) is 11.1 Å². The van der Waals surface area contributed by atoms with Crippen LogP contribution in [0.1, 0.15) is 15.2 Å². The summed E-state index contributed by atoms with van der Waals surface area (Å²) >= 11 is 7.79. The van der Waals surface area contributed by atoms with Crippen molar-refractivity contribution in [1.29, 1.82) is 0 Å². The van der Waals surface area contributed by atoms with Crippen LogP contribution in [-0.2, 0) is 0 Å². The Balaban J connectivity index is 2.00. The summed E-state index contributed by atoms with van der Waals surface area (Å²) < 4.78 is 1.02. The Morgan fingerprint density at radius 3 is 2.44 bits per heavy atom. The van der Waals surface area contributed by atoms with Gasteiger partial charge in [-0.25, -0.2) is 4.09 Å². The molecule has 132 valence electrons. The summed E-state index contributed by atoms with van der Waals surface area (Å²) in [5.74, 6) is -0.368. The van der Waals surface area contributed by atoms with Crippen molar-refractivity contribution in [2.45, 2.75) is 0 Å². The maximum absolute atomic E-state index is 13.0. The minimum absolute atomic E-state index is 0.0720. The summed E-state index contributed by atoms with van der Waals surface area (Å²) in [7, 11) is 0. The van der Waals surface area contributed by atoms with Gasteiger partial charge in [0.15, 0.2) is 5.78 Å². The first kappa shape index (κ1) is 17.5. The fourth-order valence-corrected chi connectivity index (χ4v) is 3.92. The van der Waals surface area contributed by atoms with E-state index in [4.69, 9.17) is 11.8 Å². The van der Waals surface area contributed by atoms with E-state index in [2.05, 4.69) is 0 Å². The first-order chi connectivity index (χ1) is 13.2. The molecule has 0 N–H and O–H groups in total. The van der Waals surface area contributed by atoms with Crippen molar-refractivity contribution in [3.63, 3.8) is 0 Å².